The first-order chi connectivity index (χ1) is 7.72. The van der Waals surface area contributed by atoms with E-state index in [-0.39, 0.29) is 11.7 Å². The van der Waals surface area contributed by atoms with Gasteiger partial charge in [-0.05, 0) is 25.0 Å². The highest BCUT2D eigenvalue weighted by molar-refractivity contribution is 6.06. The van der Waals surface area contributed by atoms with Gasteiger partial charge in [-0.3, -0.25) is 14.6 Å². The van der Waals surface area contributed by atoms with Crippen LogP contribution >= 0.6 is 0 Å². The largest absolute Gasteiger partial charge is 0.324 e. The molecule has 1 spiro atoms. The van der Waals surface area contributed by atoms with E-state index in [9.17, 15) is 9.59 Å². The number of nitrogens with zero attached hydrogens (tertiary/aromatic N) is 1. The standard InChI is InChI=1S/C12H12N2O2/c15-8-3-5-12(6-4-8)10-9(14-11(12)16)2-1-7-13-10/h1-2,7H,3-6H2,(H,14,16). The topological polar surface area (TPSA) is 59.1 Å². The maximum absolute atomic E-state index is 12.1. The maximum atomic E-state index is 12.1. The van der Waals surface area contributed by atoms with Crippen LogP contribution < -0.4 is 5.32 Å². The number of amides is 1. The zero-order valence-corrected chi connectivity index (χ0v) is 8.82. The number of hydrogen-bond donors (Lipinski definition) is 1. The average molecular weight is 216 g/mol. The summed E-state index contributed by atoms with van der Waals surface area (Å²) in [5, 5.41) is 2.86. The molecule has 0 bridgehead atoms. The minimum absolute atomic E-state index is 0.00806. The molecule has 1 N–H and O–H groups in total. The van der Waals surface area contributed by atoms with Crippen LogP contribution in [0.25, 0.3) is 0 Å². The van der Waals surface area contributed by atoms with Crippen molar-refractivity contribution in [2.75, 3.05) is 5.32 Å². The predicted octanol–water partition coefficient (Wildman–Crippen LogP) is 1.41. The SMILES string of the molecule is O=C1CCC2(CC1)C(=O)Nc1cccnc12. The second-order valence-electron chi connectivity index (χ2n) is 4.47. The number of Topliss-reactive ketones (excluding diaryl/α,β-unsaturated/α-hetero) is 1. The Labute approximate surface area is 93.1 Å². The van der Waals surface area contributed by atoms with E-state index in [4.69, 9.17) is 0 Å². The highest BCUT2D eigenvalue weighted by Crippen LogP contribution is 2.45. The lowest BCUT2D eigenvalue weighted by Crippen LogP contribution is -2.38. The first kappa shape index (κ1) is 9.51. The van der Waals surface area contributed by atoms with Gasteiger partial charge >= 0.3 is 0 Å². The number of ketones is 1. The third-order valence-electron chi connectivity index (χ3n) is 3.61. The molecule has 82 valence electrons. The van der Waals surface area contributed by atoms with Gasteiger partial charge in [-0.25, -0.2) is 0 Å². The van der Waals surface area contributed by atoms with Gasteiger partial charge in [0.05, 0.1) is 16.8 Å². The number of carbonyl (C=O) groups is 2. The molecule has 0 aromatic carbocycles. The van der Waals surface area contributed by atoms with E-state index in [0.29, 0.717) is 25.7 Å². The number of fused-ring (bicyclic) bond motifs is 2. The molecule has 3 rings (SSSR count). The third-order valence-corrected chi connectivity index (χ3v) is 3.61. The quantitative estimate of drug-likeness (QED) is 0.713. The summed E-state index contributed by atoms with van der Waals surface area (Å²) in [6.45, 7) is 0. The van der Waals surface area contributed by atoms with Crippen LogP contribution in [0.2, 0.25) is 0 Å². The van der Waals surface area contributed by atoms with Crippen LogP contribution in [0.1, 0.15) is 31.4 Å². The van der Waals surface area contributed by atoms with E-state index in [0.717, 1.165) is 11.4 Å². The molecule has 2 heterocycles. The maximum Gasteiger partial charge on any atom is 0.236 e. The van der Waals surface area contributed by atoms with Crippen molar-refractivity contribution in [3.8, 4) is 0 Å². The van der Waals surface area contributed by atoms with Crippen LogP contribution in [0.15, 0.2) is 18.3 Å². The predicted molar refractivity (Wildman–Crippen MR) is 58.0 cm³/mol. The zero-order chi connectivity index (χ0) is 11.2. The second-order valence-corrected chi connectivity index (χ2v) is 4.47. The highest BCUT2D eigenvalue weighted by atomic mass is 16.2. The van der Waals surface area contributed by atoms with Crippen LogP contribution in [-0.4, -0.2) is 16.7 Å². The second kappa shape index (κ2) is 3.14. The molecule has 1 saturated carbocycles. The molecule has 0 radical (unpaired) electrons. The molecule has 1 aromatic heterocycles. The monoisotopic (exact) mass is 216 g/mol. The molecule has 4 nitrogen and oxygen atoms in total. The third kappa shape index (κ3) is 1.13. The van der Waals surface area contributed by atoms with Gasteiger partial charge in [0.15, 0.2) is 0 Å². The fourth-order valence-corrected chi connectivity index (χ4v) is 2.66. The van der Waals surface area contributed by atoms with E-state index < -0.39 is 5.41 Å². The molecule has 0 unspecified atom stereocenters. The molecule has 0 saturated heterocycles. The lowest BCUT2D eigenvalue weighted by atomic mass is 9.72. The van der Waals surface area contributed by atoms with Crippen LogP contribution in [0, 0.1) is 0 Å². The Morgan fingerprint density at radius 1 is 1.25 bits per heavy atom. The highest BCUT2D eigenvalue weighted by Gasteiger charge is 2.49. The van der Waals surface area contributed by atoms with Gasteiger partial charge in [-0.2, -0.15) is 0 Å². The Bertz CT molecular complexity index is 472. The first-order valence-corrected chi connectivity index (χ1v) is 5.51. The summed E-state index contributed by atoms with van der Waals surface area (Å²) in [5.41, 5.74) is 1.10. The van der Waals surface area contributed by atoms with Crippen molar-refractivity contribution < 1.29 is 9.59 Å². The van der Waals surface area contributed by atoms with Crippen LogP contribution in [-0.2, 0) is 15.0 Å². The van der Waals surface area contributed by atoms with Crippen molar-refractivity contribution in [1.29, 1.82) is 0 Å². The average Bonchev–Trinajstić information content (AvgIpc) is 2.57. The number of hydrogen-bond acceptors (Lipinski definition) is 3. The van der Waals surface area contributed by atoms with Gasteiger partial charge in [0.2, 0.25) is 5.91 Å². The van der Waals surface area contributed by atoms with Crippen molar-refractivity contribution >= 4 is 17.4 Å². The van der Waals surface area contributed by atoms with Gasteiger partial charge < -0.3 is 5.32 Å². The Hall–Kier alpha value is -1.71. The van der Waals surface area contributed by atoms with E-state index in [1.54, 1.807) is 6.20 Å². The van der Waals surface area contributed by atoms with Crippen molar-refractivity contribution in [3.63, 3.8) is 0 Å². The molecule has 2 aliphatic rings. The molecular formula is C12H12N2O2. The van der Waals surface area contributed by atoms with Crippen LogP contribution in [0.3, 0.4) is 0 Å². The number of anilines is 1. The molecule has 1 amide bonds. The normalized spacial score (nSPS) is 22.0. The van der Waals surface area contributed by atoms with Crippen LogP contribution in [0.4, 0.5) is 5.69 Å². The summed E-state index contributed by atoms with van der Waals surface area (Å²) >= 11 is 0. The summed E-state index contributed by atoms with van der Waals surface area (Å²) in [7, 11) is 0. The molecule has 1 aliphatic carbocycles. The minimum Gasteiger partial charge on any atom is -0.324 e. The number of carbonyl (C=O) groups excluding carboxylic acids is 2. The fraction of sp³-hybridized carbons (Fsp3) is 0.417. The minimum atomic E-state index is -0.537. The molecule has 16 heavy (non-hydrogen) atoms. The number of aromatic nitrogens is 1. The lowest BCUT2D eigenvalue weighted by molar-refractivity contribution is -0.126. The van der Waals surface area contributed by atoms with Gasteiger partial charge in [-0.1, -0.05) is 0 Å². The van der Waals surface area contributed by atoms with Gasteiger partial charge in [0.1, 0.15) is 5.78 Å². The Morgan fingerprint density at radius 3 is 2.75 bits per heavy atom. The number of pyridine rings is 1. The summed E-state index contributed by atoms with van der Waals surface area (Å²) in [4.78, 5) is 27.6. The van der Waals surface area contributed by atoms with E-state index >= 15 is 0 Å². The van der Waals surface area contributed by atoms with E-state index in [2.05, 4.69) is 10.3 Å². The van der Waals surface area contributed by atoms with Crippen molar-refractivity contribution in [2.24, 2.45) is 0 Å². The summed E-state index contributed by atoms with van der Waals surface area (Å²) in [5.74, 6) is 0.261. The Morgan fingerprint density at radius 2 is 2.00 bits per heavy atom. The van der Waals surface area contributed by atoms with Crippen molar-refractivity contribution in [1.82, 2.24) is 4.98 Å². The molecule has 1 fully saturated rings. The van der Waals surface area contributed by atoms with Crippen LogP contribution in [0.5, 0.6) is 0 Å². The van der Waals surface area contributed by atoms with Crippen molar-refractivity contribution in [2.45, 2.75) is 31.1 Å². The van der Waals surface area contributed by atoms with Gasteiger partial charge in [-0.15, -0.1) is 0 Å². The summed E-state index contributed by atoms with van der Waals surface area (Å²) in [6, 6.07) is 3.68. The van der Waals surface area contributed by atoms with Gasteiger partial charge in [0, 0.05) is 19.0 Å². The Balaban J connectivity index is 2.07. The summed E-state index contributed by atoms with van der Waals surface area (Å²) < 4.78 is 0. The number of rotatable bonds is 0. The molecule has 0 atom stereocenters. The van der Waals surface area contributed by atoms with E-state index in [1.807, 2.05) is 12.1 Å². The zero-order valence-electron chi connectivity index (χ0n) is 8.82. The van der Waals surface area contributed by atoms with Gasteiger partial charge in [0.25, 0.3) is 0 Å². The molecule has 1 aromatic rings. The van der Waals surface area contributed by atoms with E-state index in [1.165, 1.54) is 0 Å². The van der Waals surface area contributed by atoms with Crippen molar-refractivity contribution in [3.05, 3.63) is 24.0 Å². The fourth-order valence-electron chi connectivity index (χ4n) is 2.66. The molecule has 4 heteroatoms. The lowest BCUT2D eigenvalue weighted by Gasteiger charge is -2.29. The molecule has 1 aliphatic heterocycles. The number of nitrogens with one attached hydrogen (secondary N) is 1. The first-order valence-electron chi connectivity index (χ1n) is 5.51. The Kier molecular flexibility index (Phi) is 1.87. The summed E-state index contributed by atoms with van der Waals surface area (Å²) in [6.07, 6.45) is 3.88. The smallest absolute Gasteiger partial charge is 0.236 e. The molecular weight excluding hydrogens is 204 g/mol.